The Morgan fingerprint density at radius 1 is 1.39 bits per heavy atom. The quantitative estimate of drug-likeness (QED) is 0.655. The minimum absolute atomic E-state index is 0.157. The molecule has 23 heavy (non-hydrogen) atoms. The van der Waals surface area contributed by atoms with Crippen molar-refractivity contribution in [2.75, 3.05) is 27.7 Å². The maximum atomic E-state index is 10.9. The largest absolute Gasteiger partial charge is 0.756 e. The summed E-state index contributed by atoms with van der Waals surface area (Å²) in [4.78, 5) is 25.0. The van der Waals surface area contributed by atoms with Gasteiger partial charge in [0.15, 0.2) is 0 Å². The second-order valence-corrected chi connectivity index (χ2v) is 6.64. The van der Waals surface area contributed by atoms with Crippen molar-refractivity contribution in [3.63, 3.8) is 0 Å². The monoisotopic (exact) mass is 348 g/mol. The van der Waals surface area contributed by atoms with Crippen LogP contribution in [0.25, 0.3) is 0 Å². The van der Waals surface area contributed by atoms with E-state index in [1.165, 1.54) is 0 Å². The molecular weight excluding hydrogens is 321 g/mol. The van der Waals surface area contributed by atoms with Crippen molar-refractivity contribution in [3.8, 4) is 5.75 Å². The Morgan fingerprint density at radius 3 is 2.30 bits per heavy atom. The molecule has 2 atom stereocenters. The molecule has 0 aliphatic heterocycles. The van der Waals surface area contributed by atoms with Gasteiger partial charge >= 0.3 is 0 Å². The van der Waals surface area contributed by atoms with Crippen molar-refractivity contribution in [1.29, 1.82) is 0 Å². The summed E-state index contributed by atoms with van der Waals surface area (Å²) in [6.45, 7) is 4.95. The third-order valence-corrected chi connectivity index (χ3v) is 3.56. The minimum atomic E-state index is -4.89. The Kier molecular flexibility index (Phi) is 8.98. The van der Waals surface area contributed by atoms with Gasteiger partial charge in [0.1, 0.15) is 5.75 Å². The topological polar surface area (TPSA) is 113 Å². The SMILES string of the molecule is CC[C@](O)(c1cccc(OC)c1)[C@@H](C)CN(C)C.O=P([O-])(O)O. The van der Waals surface area contributed by atoms with E-state index in [4.69, 9.17) is 24.0 Å². The zero-order valence-corrected chi connectivity index (χ0v) is 15.2. The molecule has 0 fully saturated rings. The van der Waals surface area contributed by atoms with Gasteiger partial charge in [0.25, 0.3) is 7.82 Å². The molecule has 0 saturated heterocycles. The zero-order chi connectivity index (χ0) is 18.3. The van der Waals surface area contributed by atoms with Gasteiger partial charge in [-0.25, -0.2) is 0 Å². The molecule has 0 aromatic heterocycles. The second-order valence-electron chi connectivity index (χ2n) is 5.66. The van der Waals surface area contributed by atoms with Crippen LogP contribution in [0.15, 0.2) is 24.3 Å². The van der Waals surface area contributed by atoms with Crippen LogP contribution in [0.1, 0.15) is 25.8 Å². The highest BCUT2D eigenvalue weighted by molar-refractivity contribution is 7.43. The maximum absolute atomic E-state index is 10.9. The third kappa shape index (κ3) is 8.46. The van der Waals surface area contributed by atoms with Crippen molar-refractivity contribution >= 4 is 7.82 Å². The van der Waals surface area contributed by atoms with Gasteiger partial charge in [0.05, 0.1) is 12.7 Å². The Balaban J connectivity index is 0.000000841. The third-order valence-electron chi connectivity index (χ3n) is 3.56. The Morgan fingerprint density at radius 2 is 1.91 bits per heavy atom. The average Bonchev–Trinajstić information content (AvgIpc) is 2.43. The van der Waals surface area contributed by atoms with E-state index in [0.717, 1.165) is 17.9 Å². The first-order valence-electron chi connectivity index (χ1n) is 7.22. The average molecular weight is 348 g/mol. The molecule has 7 nitrogen and oxygen atoms in total. The summed E-state index contributed by atoms with van der Waals surface area (Å²) in [5.74, 6) is 0.945. The fourth-order valence-corrected chi connectivity index (χ4v) is 2.43. The number of hydrogen-bond donors (Lipinski definition) is 3. The number of aliphatic hydroxyl groups is 1. The molecule has 134 valence electrons. The summed E-state index contributed by atoms with van der Waals surface area (Å²) in [5, 5.41) is 10.9. The number of benzene rings is 1. The van der Waals surface area contributed by atoms with Crippen LogP contribution in [-0.2, 0) is 10.2 Å². The van der Waals surface area contributed by atoms with Gasteiger partial charge in [-0.15, -0.1) is 0 Å². The molecule has 1 aromatic carbocycles. The Bertz CT molecular complexity index is 510. The van der Waals surface area contributed by atoms with E-state index in [9.17, 15) is 5.11 Å². The molecule has 0 bridgehead atoms. The van der Waals surface area contributed by atoms with Gasteiger partial charge in [-0.3, -0.25) is 4.57 Å². The number of methoxy groups -OCH3 is 1. The van der Waals surface area contributed by atoms with E-state index in [-0.39, 0.29) is 5.92 Å². The van der Waals surface area contributed by atoms with Crippen molar-refractivity contribution in [3.05, 3.63) is 29.8 Å². The Hall–Kier alpha value is -0.950. The lowest BCUT2D eigenvalue weighted by Gasteiger charge is -2.35. The van der Waals surface area contributed by atoms with E-state index in [1.54, 1.807) is 7.11 Å². The molecular formula is C15H27NO6P-. The number of hydrogen-bond acceptors (Lipinski definition) is 5. The molecule has 0 aliphatic carbocycles. The van der Waals surface area contributed by atoms with E-state index < -0.39 is 13.4 Å². The maximum Gasteiger partial charge on any atom is 0.262 e. The van der Waals surface area contributed by atoms with Gasteiger partial charge in [-0.1, -0.05) is 26.0 Å². The van der Waals surface area contributed by atoms with Gasteiger partial charge in [-0.2, -0.15) is 0 Å². The van der Waals surface area contributed by atoms with Crippen LogP contribution in [0.3, 0.4) is 0 Å². The van der Waals surface area contributed by atoms with Gasteiger partial charge in [0.2, 0.25) is 0 Å². The summed E-state index contributed by atoms with van der Waals surface area (Å²) in [5.41, 5.74) is 0.123. The zero-order valence-electron chi connectivity index (χ0n) is 14.3. The van der Waals surface area contributed by atoms with Gasteiger partial charge in [0, 0.05) is 12.5 Å². The lowest BCUT2D eigenvalue weighted by molar-refractivity contribution is -0.214. The smallest absolute Gasteiger partial charge is 0.262 e. The number of phosphoric acid groups is 1. The van der Waals surface area contributed by atoms with Crippen LogP contribution in [0.2, 0.25) is 0 Å². The Labute approximate surface area is 137 Å². The van der Waals surface area contributed by atoms with E-state index in [0.29, 0.717) is 6.42 Å². The normalized spacial score (nSPS) is 15.4. The molecule has 0 unspecified atom stereocenters. The number of rotatable bonds is 6. The summed E-state index contributed by atoms with van der Waals surface area (Å²) in [6, 6.07) is 7.72. The van der Waals surface area contributed by atoms with Crippen LogP contribution in [0.4, 0.5) is 0 Å². The second kappa shape index (κ2) is 9.37. The van der Waals surface area contributed by atoms with E-state index in [2.05, 4.69) is 11.8 Å². The molecule has 1 aromatic rings. The highest BCUT2D eigenvalue weighted by atomic mass is 31.2. The van der Waals surface area contributed by atoms with Gasteiger partial charge in [-0.05, 0) is 38.2 Å². The lowest BCUT2D eigenvalue weighted by atomic mass is 9.80. The molecule has 0 heterocycles. The molecule has 3 N–H and O–H groups in total. The van der Waals surface area contributed by atoms with Crippen LogP contribution in [0, 0.1) is 5.92 Å². The highest BCUT2D eigenvalue weighted by Crippen LogP contribution is 2.34. The van der Waals surface area contributed by atoms with Crippen LogP contribution < -0.4 is 9.63 Å². The van der Waals surface area contributed by atoms with Crippen molar-refractivity contribution in [2.45, 2.75) is 25.9 Å². The van der Waals surface area contributed by atoms with E-state index >= 15 is 0 Å². The number of ether oxygens (including phenoxy) is 1. The fourth-order valence-electron chi connectivity index (χ4n) is 2.43. The molecule has 8 heteroatoms. The number of nitrogens with zero attached hydrogens (tertiary/aromatic N) is 1. The first-order chi connectivity index (χ1) is 10.4. The summed E-state index contributed by atoms with van der Waals surface area (Å²) < 4.78 is 14.0. The van der Waals surface area contributed by atoms with Gasteiger partial charge < -0.3 is 29.4 Å². The molecule has 0 amide bonds. The van der Waals surface area contributed by atoms with Crippen molar-refractivity contribution in [1.82, 2.24) is 4.90 Å². The van der Waals surface area contributed by atoms with Crippen molar-refractivity contribution in [2.24, 2.45) is 5.92 Å². The standard InChI is InChI=1S/C15H25NO2.H3O4P/c1-6-15(17,12(2)11-16(3)4)13-8-7-9-14(10-13)18-5;1-5(2,3)4/h7-10,12,17H,6,11H2,1-5H3;(H3,1,2,3,4)/p-1/t12-,15+;/m0./s1. The van der Waals surface area contributed by atoms with Crippen molar-refractivity contribution < 1.29 is 29.1 Å². The highest BCUT2D eigenvalue weighted by Gasteiger charge is 2.34. The molecule has 0 saturated carbocycles. The van der Waals surface area contributed by atoms with Crippen LogP contribution in [0.5, 0.6) is 5.75 Å². The summed E-state index contributed by atoms with van der Waals surface area (Å²) in [6.07, 6.45) is 0.690. The summed E-state index contributed by atoms with van der Waals surface area (Å²) >= 11 is 0. The van der Waals surface area contributed by atoms with E-state index in [1.807, 2.05) is 45.3 Å². The fraction of sp³-hybridized carbons (Fsp3) is 0.600. The van der Waals surface area contributed by atoms with Crippen LogP contribution >= 0.6 is 7.82 Å². The first-order valence-corrected chi connectivity index (χ1v) is 8.75. The van der Waals surface area contributed by atoms with Crippen LogP contribution in [-0.4, -0.2) is 47.5 Å². The predicted molar refractivity (Wildman–Crippen MR) is 86.9 cm³/mol. The lowest BCUT2D eigenvalue weighted by Crippen LogP contribution is -2.38. The first kappa shape index (κ1) is 22.1. The molecule has 1 rings (SSSR count). The molecule has 0 radical (unpaired) electrons. The molecule has 0 spiro atoms. The minimum Gasteiger partial charge on any atom is -0.756 e. The molecule has 0 aliphatic rings. The predicted octanol–water partition coefficient (Wildman–Crippen LogP) is 0.930. The summed E-state index contributed by atoms with van der Waals surface area (Å²) in [7, 11) is 0.809.